The third-order valence-corrected chi connectivity index (χ3v) is 11.6. The van der Waals surface area contributed by atoms with E-state index in [0.29, 0.717) is 11.1 Å². The maximum Gasteiger partial charge on any atom is 0.269 e. The Balaban J connectivity index is 0.000000549. The van der Waals surface area contributed by atoms with Crippen LogP contribution in [-0.4, -0.2) is 59.9 Å². The fraction of sp³-hybridized carbons (Fsp3) is 0.425. The molecular weight excluding hydrogens is 758 g/mol. The predicted octanol–water partition coefficient (Wildman–Crippen LogP) is 6.66. The van der Waals surface area contributed by atoms with E-state index >= 15 is 0 Å². The van der Waals surface area contributed by atoms with Crippen LogP contribution in [0.2, 0.25) is 0 Å². The Morgan fingerprint density at radius 3 is 2.32 bits per heavy atom. The SMILES string of the molecule is C#C.O=C(Cn1nc(NS(=O)(=O)c2ccccc2Br)cc1C(=O)N[C@H]1CCCCC1OCc1ccccc1)NC1CCCCC1.OCC1=CC=CCC1. The molecule has 2 atom stereocenters. The molecule has 0 saturated heterocycles. The second-order valence-corrected chi connectivity index (χ2v) is 15.7. The number of allylic oxidation sites excluding steroid dienone is 3. The van der Waals surface area contributed by atoms with E-state index < -0.39 is 15.9 Å². The molecule has 284 valence electrons. The molecule has 0 bridgehead atoms. The van der Waals surface area contributed by atoms with Gasteiger partial charge in [0.05, 0.1) is 25.4 Å². The smallest absolute Gasteiger partial charge is 0.269 e. The van der Waals surface area contributed by atoms with Gasteiger partial charge in [0.25, 0.3) is 15.9 Å². The number of amides is 2. The number of hydrogen-bond donors (Lipinski definition) is 4. The molecule has 3 aliphatic carbocycles. The van der Waals surface area contributed by atoms with Gasteiger partial charge in [0, 0.05) is 16.6 Å². The van der Waals surface area contributed by atoms with E-state index in [-0.39, 0.29) is 53.7 Å². The highest BCUT2D eigenvalue weighted by molar-refractivity contribution is 9.10. The molecule has 2 aromatic carbocycles. The summed E-state index contributed by atoms with van der Waals surface area (Å²) < 4.78 is 36.7. The summed E-state index contributed by atoms with van der Waals surface area (Å²) in [5, 5.41) is 19.1. The third-order valence-electron chi connectivity index (χ3n) is 9.27. The minimum atomic E-state index is -4.02. The Morgan fingerprint density at radius 1 is 0.943 bits per heavy atom. The minimum absolute atomic E-state index is 0.0335. The van der Waals surface area contributed by atoms with Gasteiger partial charge in [-0.05, 0) is 77.7 Å². The Hall–Kier alpha value is -4.22. The van der Waals surface area contributed by atoms with E-state index in [1.807, 2.05) is 42.5 Å². The number of nitrogens with zero attached hydrogens (tertiary/aromatic N) is 2. The zero-order valence-corrected chi connectivity index (χ0v) is 32.4. The second kappa shape index (κ2) is 21.5. The monoisotopic (exact) mass is 807 g/mol. The first kappa shape index (κ1) is 41.5. The standard InChI is InChI=1S/C31H38BrN5O5S.C7H10O.C2H2/c32-24-15-7-10-18-28(24)43(40,41)36-29-19-26(37(35-29)20-30(38)33-23-13-5-2-6-14-23)31(39)34-25-16-8-9-17-27(25)42-21-22-11-3-1-4-12-22;8-6-7-4-2-1-3-5-7;1-2/h1,3-4,7,10-12,15,18-19,23,25,27H,2,5-6,8-9,13-14,16-17,20-21H2,(H,33,38)(H,34,39)(H,35,36);1-2,4,8H,3,5-6H2;1-2H/t25-,27?;;/m0../s1. The lowest BCUT2D eigenvalue weighted by molar-refractivity contribution is -0.122. The number of carbonyl (C=O) groups is 2. The second-order valence-electron chi connectivity index (χ2n) is 13.2. The van der Waals surface area contributed by atoms with E-state index in [2.05, 4.69) is 55.3 Å². The number of sulfonamides is 1. The number of carbonyl (C=O) groups excluding carboxylic acids is 2. The lowest BCUT2D eigenvalue weighted by Crippen LogP contribution is -2.47. The Bertz CT molecular complexity index is 1820. The molecule has 0 spiro atoms. The van der Waals surface area contributed by atoms with Crippen LogP contribution < -0.4 is 15.4 Å². The van der Waals surface area contributed by atoms with E-state index in [0.717, 1.165) is 81.8 Å². The van der Waals surface area contributed by atoms with Crippen molar-refractivity contribution in [3.8, 4) is 12.8 Å². The zero-order valence-electron chi connectivity index (χ0n) is 30.0. The number of hydrogen-bond acceptors (Lipinski definition) is 7. The first-order chi connectivity index (χ1) is 25.7. The van der Waals surface area contributed by atoms with Crippen molar-refractivity contribution in [2.45, 2.75) is 107 Å². The number of anilines is 1. The van der Waals surface area contributed by atoms with E-state index in [1.165, 1.54) is 16.8 Å². The number of terminal acetylenes is 1. The van der Waals surface area contributed by atoms with Crippen LogP contribution in [0.15, 0.2) is 93.8 Å². The van der Waals surface area contributed by atoms with Crippen LogP contribution in [0.5, 0.6) is 0 Å². The van der Waals surface area contributed by atoms with Gasteiger partial charge < -0.3 is 20.5 Å². The molecule has 3 aromatic rings. The molecule has 6 rings (SSSR count). The van der Waals surface area contributed by atoms with E-state index in [4.69, 9.17) is 9.84 Å². The summed E-state index contributed by atoms with van der Waals surface area (Å²) >= 11 is 3.28. The summed E-state index contributed by atoms with van der Waals surface area (Å²) in [6.07, 6.45) is 24.7. The quantitative estimate of drug-likeness (QED) is 0.150. The molecule has 1 unspecified atom stereocenters. The fourth-order valence-corrected chi connectivity index (χ4v) is 8.54. The van der Waals surface area contributed by atoms with Crippen molar-refractivity contribution in [3.63, 3.8) is 0 Å². The summed E-state index contributed by atoms with van der Waals surface area (Å²) in [7, 11) is -4.02. The van der Waals surface area contributed by atoms with Gasteiger partial charge in [-0.1, -0.05) is 92.8 Å². The Morgan fingerprint density at radius 2 is 1.64 bits per heavy atom. The molecule has 13 heteroatoms. The first-order valence-corrected chi connectivity index (χ1v) is 20.4. The lowest BCUT2D eigenvalue weighted by atomic mass is 9.92. The molecule has 3 aliphatic rings. The van der Waals surface area contributed by atoms with E-state index in [9.17, 15) is 18.0 Å². The Kier molecular flexibility index (Phi) is 16.8. The highest BCUT2D eigenvalue weighted by Gasteiger charge is 2.30. The first-order valence-electron chi connectivity index (χ1n) is 18.1. The van der Waals surface area contributed by atoms with Crippen LogP contribution in [-0.2, 0) is 32.7 Å². The number of benzene rings is 2. The molecule has 2 amide bonds. The number of aliphatic hydroxyl groups is 1. The molecule has 0 aliphatic heterocycles. The maximum atomic E-state index is 13.7. The van der Waals surface area contributed by atoms with Crippen LogP contribution in [0.25, 0.3) is 0 Å². The van der Waals surface area contributed by atoms with Gasteiger partial charge in [-0.15, -0.1) is 12.8 Å². The number of halogens is 1. The molecule has 1 heterocycles. The van der Waals surface area contributed by atoms with E-state index in [1.54, 1.807) is 18.2 Å². The number of aromatic nitrogens is 2. The van der Waals surface area contributed by atoms with Crippen LogP contribution in [0.3, 0.4) is 0 Å². The summed E-state index contributed by atoms with van der Waals surface area (Å²) in [6.45, 7) is 0.455. The summed E-state index contributed by atoms with van der Waals surface area (Å²) in [5.74, 6) is -0.762. The highest BCUT2D eigenvalue weighted by atomic mass is 79.9. The normalized spacial score (nSPS) is 18.6. The van der Waals surface area contributed by atoms with Crippen molar-refractivity contribution < 1.29 is 27.9 Å². The topological polar surface area (TPSA) is 152 Å². The lowest BCUT2D eigenvalue weighted by Gasteiger charge is -2.32. The third kappa shape index (κ3) is 13.0. The van der Waals surface area contributed by atoms with Crippen molar-refractivity contribution in [1.29, 1.82) is 0 Å². The van der Waals surface area contributed by atoms with Gasteiger partial charge in [0.1, 0.15) is 17.1 Å². The van der Waals surface area contributed by atoms with Crippen molar-refractivity contribution in [2.24, 2.45) is 0 Å². The average molecular weight is 809 g/mol. The Labute approximate surface area is 321 Å². The maximum absolute atomic E-state index is 13.7. The van der Waals surface area contributed by atoms with Crippen LogP contribution in [0.1, 0.15) is 86.7 Å². The minimum Gasteiger partial charge on any atom is -0.392 e. The van der Waals surface area contributed by atoms with Crippen molar-refractivity contribution in [2.75, 3.05) is 11.3 Å². The van der Waals surface area contributed by atoms with Gasteiger partial charge >= 0.3 is 0 Å². The molecule has 11 nitrogen and oxygen atoms in total. The zero-order chi connectivity index (χ0) is 38.1. The molecule has 53 heavy (non-hydrogen) atoms. The van der Waals surface area contributed by atoms with Crippen LogP contribution in [0.4, 0.5) is 5.82 Å². The predicted molar refractivity (Wildman–Crippen MR) is 210 cm³/mol. The molecule has 2 saturated carbocycles. The van der Waals surface area contributed by atoms with Crippen molar-refractivity contribution >= 4 is 43.6 Å². The molecule has 2 fully saturated rings. The van der Waals surface area contributed by atoms with Crippen LogP contribution in [0, 0.1) is 12.8 Å². The highest BCUT2D eigenvalue weighted by Crippen LogP contribution is 2.26. The molecule has 1 aromatic heterocycles. The van der Waals surface area contributed by atoms with Gasteiger partial charge in [-0.25, -0.2) is 13.1 Å². The number of rotatable bonds is 12. The van der Waals surface area contributed by atoms with Gasteiger partial charge in [0.2, 0.25) is 5.91 Å². The van der Waals surface area contributed by atoms with Gasteiger partial charge in [-0.3, -0.25) is 14.3 Å². The van der Waals surface area contributed by atoms with Gasteiger partial charge in [0.15, 0.2) is 5.82 Å². The summed E-state index contributed by atoms with van der Waals surface area (Å²) in [5.41, 5.74) is 2.30. The van der Waals surface area contributed by atoms with Crippen molar-refractivity contribution in [3.05, 3.63) is 100 Å². The molecular formula is C40H50BrN5O6S. The summed E-state index contributed by atoms with van der Waals surface area (Å²) in [4.78, 5) is 26.7. The largest absolute Gasteiger partial charge is 0.392 e. The average Bonchev–Trinajstić information content (AvgIpc) is 3.57. The van der Waals surface area contributed by atoms with Gasteiger partial charge in [-0.2, -0.15) is 5.10 Å². The van der Waals surface area contributed by atoms with Crippen LogP contribution >= 0.6 is 15.9 Å². The number of ether oxygens (including phenoxy) is 1. The number of aliphatic hydroxyl groups excluding tert-OH is 1. The number of nitrogens with one attached hydrogen (secondary N) is 3. The molecule has 0 radical (unpaired) electrons. The fourth-order valence-electron chi connectivity index (χ4n) is 6.55. The molecule has 4 N–H and O–H groups in total. The summed E-state index contributed by atoms with van der Waals surface area (Å²) in [6, 6.07) is 17.6. The van der Waals surface area contributed by atoms with Crippen molar-refractivity contribution in [1.82, 2.24) is 20.4 Å².